The lowest BCUT2D eigenvalue weighted by Crippen LogP contribution is -2.23. The van der Waals surface area contributed by atoms with Crippen LogP contribution in [0.25, 0.3) is 10.9 Å². The van der Waals surface area contributed by atoms with E-state index in [-0.39, 0.29) is 28.7 Å². The van der Waals surface area contributed by atoms with Crippen LogP contribution < -0.4 is 10.9 Å². The van der Waals surface area contributed by atoms with Gasteiger partial charge in [0.05, 0.1) is 6.20 Å². The van der Waals surface area contributed by atoms with E-state index >= 15 is 0 Å². The van der Waals surface area contributed by atoms with Gasteiger partial charge >= 0.3 is 0 Å². The minimum Gasteiger partial charge on any atom is -0.508 e. The van der Waals surface area contributed by atoms with Gasteiger partial charge in [-0.2, -0.15) is 5.26 Å². The van der Waals surface area contributed by atoms with Crippen LogP contribution in [-0.2, 0) is 6.54 Å². The maximum Gasteiger partial charge on any atom is 0.238 e. The zero-order valence-corrected chi connectivity index (χ0v) is 15.2. The third kappa shape index (κ3) is 3.76. The maximum absolute atomic E-state index is 13.0. The Morgan fingerprint density at radius 2 is 1.97 bits per heavy atom. The number of nitriles is 1. The minimum atomic E-state index is -0.358. The summed E-state index contributed by atoms with van der Waals surface area (Å²) in [7, 11) is 0. The normalized spacial score (nSPS) is 10.6. The van der Waals surface area contributed by atoms with Gasteiger partial charge < -0.3 is 10.1 Å². The van der Waals surface area contributed by atoms with E-state index in [1.165, 1.54) is 6.20 Å². The van der Waals surface area contributed by atoms with Crippen LogP contribution in [0.4, 0.5) is 5.95 Å². The summed E-state index contributed by atoms with van der Waals surface area (Å²) in [5, 5.41) is 19.5. The number of aromatic nitrogens is 3. The van der Waals surface area contributed by atoms with Crippen molar-refractivity contribution < 1.29 is 9.90 Å². The number of phenols is 1. The third-order valence-electron chi connectivity index (χ3n) is 4.39. The van der Waals surface area contributed by atoms with Gasteiger partial charge in [-0.25, -0.2) is 15.4 Å². The van der Waals surface area contributed by atoms with Crippen molar-refractivity contribution in [1.82, 2.24) is 20.4 Å². The summed E-state index contributed by atoms with van der Waals surface area (Å²) in [6.07, 6.45) is 2.94. The van der Waals surface area contributed by atoms with Gasteiger partial charge in [-0.15, -0.1) is 0 Å². The zero-order chi connectivity index (χ0) is 20.2. The largest absolute Gasteiger partial charge is 0.508 e. The fourth-order valence-electron chi connectivity index (χ4n) is 2.92. The Balaban J connectivity index is 1.56. The first kappa shape index (κ1) is 18.2. The van der Waals surface area contributed by atoms with Crippen LogP contribution in [0.1, 0.15) is 27.2 Å². The summed E-state index contributed by atoms with van der Waals surface area (Å²) in [5.74, 6) is 0.00604. The molecule has 0 aliphatic carbocycles. The molecule has 0 radical (unpaired) electrons. The highest BCUT2D eigenvalue weighted by molar-refractivity contribution is 6.16. The van der Waals surface area contributed by atoms with Crippen molar-refractivity contribution in [2.45, 2.75) is 6.54 Å². The average molecular weight is 384 g/mol. The van der Waals surface area contributed by atoms with E-state index in [0.29, 0.717) is 12.1 Å². The average Bonchev–Trinajstić information content (AvgIpc) is 3.19. The Morgan fingerprint density at radius 3 is 2.76 bits per heavy atom. The van der Waals surface area contributed by atoms with E-state index in [2.05, 4.69) is 25.8 Å². The number of nitrogens with one attached hydrogen (secondary N) is 3. The molecule has 2 heterocycles. The summed E-state index contributed by atoms with van der Waals surface area (Å²) in [4.78, 5) is 24.4. The highest BCUT2D eigenvalue weighted by atomic mass is 16.3. The number of benzene rings is 2. The zero-order valence-electron chi connectivity index (χ0n) is 15.2. The Bertz CT molecular complexity index is 1220. The van der Waals surface area contributed by atoms with Gasteiger partial charge in [0.1, 0.15) is 23.1 Å². The molecule has 8 heteroatoms. The molecule has 0 atom stereocenters. The van der Waals surface area contributed by atoms with Crippen molar-refractivity contribution in [1.29, 1.82) is 5.26 Å². The number of para-hydroxylation sites is 1. The van der Waals surface area contributed by atoms with Crippen molar-refractivity contribution in [2.75, 3.05) is 5.43 Å². The van der Waals surface area contributed by atoms with Gasteiger partial charge in [0.25, 0.3) is 0 Å². The van der Waals surface area contributed by atoms with Crippen molar-refractivity contribution in [3.05, 3.63) is 83.3 Å². The van der Waals surface area contributed by atoms with Gasteiger partial charge in [0.2, 0.25) is 11.7 Å². The van der Waals surface area contributed by atoms with Crippen molar-refractivity contribution in [3.8, 4) is 11.8 Å². The number of hydrogen-bond donors (Lipinski definition) is 4. The summed E-state index contributed by atoms with van der Waals surface area (Å²) in [6, 6.07) is 16.1. The molecule has 0 spiro atoms. The first-order valence-electron chi connectivity index (χ1n) is 8.80. The van der Waals surface area contributed by atoms with Crippen LogP contribution in [0.15, 0.2) is 60.9 Å². The Morgan fingerprint density at radius 1 is 1.17 bits per heavy atom. The molecular weight excluding hydrogens is 368 g/mol. The number of anilines is 1. The third-order valence-corrected chi connectivity index (χ3v) is 4.39. The molecule has 2 aromatic carbocycles. The number of carbonyl (C=O) groups is 1. The van der Waals surface area contributed by atoms with Crippen LogP contribution in [0, 0.1) is 11.3 Å². The quantitative estimate of drug-likeness (QED) is 0.297. The number of H-pyrrole nitrogens is 1. The molecule has 29 heavy (non-hydrogen) atoms. The second-order valence-corrected chi connectivity index (χ2v) is 6.29. The SMILES string of the molecule is N#Cc1cnc(NNCc2ccc(O)cc2)nc1C(=O)c1c[nH]c2ccccc12. The highest BCUT2D eigenvalue weighted by Crippen LogP contribution is 2.22. The summed E-state index contributed by atoms with van der Waals surface area (Å²) in [5.41, 5.74) is 8.12. The molecule has 0 aliphatic rings. The van der Waals surface area contributed by atoms with Gasteiger partial charge in [-0.05, 0) is 23.8 Å². The molecule has 0 saturated carbocycles. The van der Waals surface area contributed by atoms with Crippen molar-refractivity contribution in [2.24, 2.45) is 0 Å². The highest BCUT2D eigenvalue weighted by Gasteiger charge is 2.20. The van der Waals surface area contributed by atoms with Crippen LogP contribution in [0.3, 0.4) is 0 Å². The first-order valence-corrected chi connectivity index (χ1v) is 8.80. The molecule has 4 N–H and O–H groups in total. The molecular formula is C21H16N6O2. The second kappa shape index (κ2) is 7.80. The van der Waals surface area contributed by atoms with Crippen LogP contribution in [-0.4, -0.2) is 25.8 Å². The topological polar surface area (TPSA) is 127 Å². The van der Waals surface area contributed by atoms with E-state index in [1.54, 1.807) is 30.5 Å². The predicted molar refractivity (Wildman–Crippen MR) is 107 cm³/mol. The number of ketones is 1. The van der Waals surface area contributed by atoms with Gasteiger partial charge in [-0.1, -0.05) is 30.3 Å². The molecule has 2 aromatic heterocycles. The van der Waals surface area contributed by atoms with Crippen LogP contribution >= 0.6 is 0 Å². The second-order valence-electron chi connectivity index (χ2n) is 6.29. The van der Waals surface area contributed by atoms with Crippen molar-refractivity contribution >= 4 is 22.6 Å². The summed E-state index contributed by atoms with van der Waals surface area (Å²) in [6.45, 7) is 0.440. The summed E-state index contributed by atoms with van der Waals surface area (Å²) >= 11 is 0. The Kier molecular flexibility index (Phi) is 4.88. The molecule has 0 aliphatic heterocycles. The molecule has 8 nitrogen and oxygen atoms in total. The molecule has 142 valence electrons. The van der Waals surface area contributed by atoms with E-state index in [9.17, 15) is 15.2 Å². The van der Waals surface area contributed by atoms with Crippen LogP contribution in [0.5, 0.6) is 5.75 Å². The first-order chi connectivity index (χ1) is 14.2. The molecule has 0 bridgehead atoms. The fourth-order valence-corrected chi connectivity index (χ4v) is 2.92. The number of fused-ring (bicyclic) bond motifs is 1. The fraction of sp³-hybridized carbons (Fsp3) is 0.0476. The van der Waals surface area contributed by atoms with E-state index in [1.807, 2.05) is 30.3 Å². The van der Waals surface area contributed by atoms with E-state index < -0.39 is 0 Å². The number of hydrazine groups is 1. The monoisotopic (exact) mass is 384 g/mol. The van der Waals surface area contributed by atoms with E-state index in [4.69, 9.17) is 0 Å². The Hall–Kier alpha value is -4.22. The lowest BCUT2D eigenvalue weighted by atomic mass is 10.0. The number of nitrogens with zero attached hydrogens (tertiary/aromatic N) is 3. The minimum absolute atomic E-state index is 0.0289. The number of rotatable bonds is 6. The number of aromatic hydroxyl groups is 1. The smallest absolute Gasteiger partial charge is 0.238 e. The van der Waals surface area contributed by atoms with Crippen LogP contribution in [0.2, 0.25) is 0 Å². The number of carbonyl (C=O) groups excluding carboxylic acids is 1. The van der Waals surface area contributed by atoms with Crippen molar-refractivity contribution in [3.63, 3.8) is 0 Å². The molecule has 0 unspecified atom stereocenters. The molecule has 4 aromatic rings. The van der Waals surface area contributed by atoms with Gasteiger partial charge in [0.15, 0.2) is 0 Å². The summed E-state index contributed by atoms with van der Waals surface area (Å²) < 4.78 is 0. The lowest BCUT2D eigenvalue weighted by Gasteiger charge is -2.09. The predicted octanol–water partition coefficient (Wildman–Crippen LogP) is 2.88. The number of aromatic amines is 1. The van der Waals surface area contributed by atoms with E-state index in [0.717, 1.165) is 16.5 Å². The molecule has 0 saturated heterocycles. The molecule has 4 rings (SSSR count). The number of hydrogen-bond acceptors (Lipinski definition) is 7. The van der Waals surface area contributed by atoms with Gasteiger partial charge in [-0.3, -0.25) is 10.2 Å². The number of phenolic OH excluding ortho intramolecular Hbond substituents is 1. The molecule has 0 amide bonds. The van der Waals surface area contributed by atoms with Gasteiger partial charge in [0, 0.05) is 29.2 Å². The maximum atomic E-state index is 13.0. The lowest BCUT2D eigenvalue weighted by molar-refractivity contribution is 0.103. The standard InChI is InChI=1S/C21H16N6O2/c22-9-14-11-24-21(27-25-10-13-5-7-15(28)8-6-13)26-19(14)20(29)17-12-23-18-4-2-1-3-16(17)18/h1-8,11-12,23,25,28H,10H2,(H,24,26,27). The molecule has 0 fully saturated rings. The Labute approximate surface area is 165 Å².